The Kier molecular flexibility index (Phi) is 18.8. The Hall–Kier alpha value is -4.46. The van der Waals surface area contributed by atoms with Gasteiger partial charge >= 0.3 is 6.09 Å². The van der Waals surface area contributed by atoms with Gasteiger partial charge in [-0.2, -0.15) is 8.42 Å². The Morgan fingerprint density at radius 2 is 1.39 bits per heavy atom. The van der Waals surface area contributed by atoms with Crippen molar-refractivity contribution in [3.05, 3.63) is 167 Å². The van der Waals surface area contributed by atoms with Crippen LogP contribution in [0.2, 0.25) is 0 Å². The minimum atomic E-state index is -4.02. The molecule has 56 heavy (non-hydrogen) atoms. The van der Waals surface area contributed by atoms with Gasteiger partial charge in [0.05, 0.1) is 18.0 Å². The molecule has 0 bridgehead atoms. The lowest BCUT2D eigenvalue weighted by molar-refractivity contribution is 0.0908. The second-order valence-corrected chi connectivity index (χ2v) is 14.7. The maximum Gasteiger partial charge on any atom is 0.410 e. The molecule has 0 saturated carbocycles. The lowest BCUT2D eigenvalue weighted by atomic mass is 10.0. The van der Waals surface area contributed by atoms with E-state index in [0.717, 1.165) is 48.4 Å². The predicted molar refractivity (Wildman–Crippen MR) is 226 cm³/mol. The van der Waals surface area contributed by atoms with Gasteiger partial charge in [-0.1, -0.05) is 127 Å². The molecule has 7 rings (SSSR count). The van der Waals surface area contributed by atoms with Crippen molar-refractivity contribution >= 4 is 41.0 Å². The van der Waals surface area contributed by atoms with Crippen LogP contribution in [0.25, 0.3) is 0 Å². The molecule has 2 aliphatic rings. The molecule has 300 valence electrons. The highest BCUT2D eigenvalue weighted by atomic mass is 35.5. The number of hydrogen-bond donors (Lipinski definition) is 4. The van der Waals surface area contributed by atoms with Crippen LogP contribution in [0.5, 0.6) is 5.75 Å². The summed E-state index contributed by atoms with van der Waals surface area (Å²) < 4.78 is 40.4. The Morgan fingerprint density at radius 1 is 0.821 bits per heavy atom. The van der Waals surface area contributed by atoms with Crippen molar-refractivity contribution in [1.82, 2.24) is 15.5 Å². The van der Waals surface area contributed by atoms with E-state index in [0.29, 0.717) is 18.6 Å². The number of aryl methyl sites for hydroxylation is 1. The molecule has 2 fully saturated rings. The first kappa shape index (κ1) is 45.9. The average molecular weight is 824 g/mol. The molecule has 4 atom stereocenters. The van der Waals surface area contributed by atoms with Crippen LogP contribution in [0.1, 0.15) is 52.7 Å². The zero-order chi connectivity index (χ0) is 38.3. The largest absolute Gasteiger partial charge is 0.496 e. The van der Waals surface area contributed by atoms with Gasteiger partial charge < -0.3 is 25.8 Å². The summed E-state index contributed by atoms with van der Waals surface area (Å²) in [6, 6.07) is 45.1. The lowest BCUT2D eigenvalue weighted by Crippen LogP contribution is -2.36. The molecular weight excluding hydrogens is 771 g/mol. The number of nitrogens with zero attached hydrogens (tertiary/aromatic N) is 1. The first-order chi connectivity index (χ1) is 26.1. The number of methoxy groups -OCH3 is 1. The third kappa shape index (κ3) is 13.3. The smallest absolute Gasteiger partial charge is 0.410 e. The SMILES string of the molecule is COc1ccccc1CN[C@H]1CCN[C@H]1c1ccccc1.Cc1ccc(S(=O)(=O)O)cc1.Cl.Cl.N[C@H]1CCN(C(=O)OCc2ccccc2)[C@H]1c1ccccc1. The molecule has 0 unspecified atom stereocenters. The lowest BCUT2D eigenvalue weighted by Gasteiger charge is -2.26. The summed E-state index contributed by atoms with van der Waals surface area (Å²) in [5.74, 6) is 0.951. The number of nitrogens with one attached hydrogen (secondary N) is 2. The number of rotatable bonds is 9. The van der Waals surface area contributed by atoms with E-state index < -0.39 is 10.1 Å². The number of halogens is 2. The first-order valence-electron chi connectivity index (χ1n) is 18.1. The molecule has 0 spiro atoms. The van der Waals surface area contributed by atoms with Gasteiger partial charge in [-0.25, -0.2) is 4.79 Å². The van der Waals surface area contributed by atoms with Crippen LogP contribution in [0.4, 0.5) is 4.79 Å². The van der Waals surface area contributed by atoms with E-state index in [9.17, 15) is 13.2 Å². The Labute approximate surface area is 343 Å². The maximum atomic E-state index is 12.4. The van der Waals surface area contributed by atoms with Gasteiger partial charge in [0.2, 0.25) is 0 Å². The molecule has 2 aliphatic heterocycles. The fourth-order valence-electron chi connectivity index (χ4n) is 6.63. The van der Waals surface area contributed by atoms with Crippen LogP contribution in [0, 0.1) is 6.92 Å². The van der Waals surface area contributed by atoms with E-state index in [1.165, 1.54) is 23.3 Å². The van der Waals surface area contributed by atoms with E-state index in [2.05, 4.69) is 53.1 Å². The predicted octanol–water partition coefficient (Wildman–Crippen LogP) is 8.07. The zero-order valence-electron chi connectivity index (χ0n) is 31.6. The number of para-hydroxylation sites is 1. The summed E-state index contributed by atoms with van der Waals surface area (Å²) in [4.78, 5) is 14.1. The third-order valence-electron chi connectivity index (χ3n) is 9.47. The summed E-state index contributed by atoms with van der Waals surface area (Å²) in [6.07, 6.45) is 1.64. The van der Waals surface area contributed by atoms with E-state index in [-0.39, 0.29) is 54.5 Å². The third-order valence-corrected chi connectivity index (χ3v) is 10.3. The highest BCUT2D eigenvalue weighted by Gasteiger charge is 2.37. The van der Waals surface area contributed by atoms with Crippen molar-refractivity contribution in [3.8, 4) is 5.75 Å². The van der Waals surface area contributed by atoms with Gasteiger partial charge in [-0.3, -0.25) is 9.45 Å². The van der Waals surface area contributed by atoms with Gasteiger partial charge in [0.25, 0.3) is 10.1 Å². The van der Waals surface area contributed by atoms with Crippen molar-refractivity contribution in [3.63, 3.8) is 0 Å². The molecule has 5 N–H and O–H groups in total. The van der Waals surface area contributed by atoms with Gasteiger partial charge in [0.1, 0.15) is 12.4 Å². The summed E-state index contributed by atoms with van der Waals surface area (Å²) in [5, 5.41) is 7.27. The van der Waals surface area contributed by atoms with E-state index >= 15 is 0 Å². The molecule has 10 nitrogen and oxygen atoms in total. The van der Waals surface area contributed by atoms with E-state index in [1.807, 2.05) is 79.7 Å². The molecule has 2 saturated heterocycles. The van der Waals surface area contributed by atoms with Crippen LogP contribution < -0.4 is 21.1 Å². The quantitative estimate of drug-likeness (QED) is 0.109. The van der Waals surface area contributed by atoms with Gasteiger partial charge in [-0.15, -0.1) is 24.8 Å². The molecule has 13 heteroatoms. The minimum Gasteiger partial charge on any atom is -0.496 e. The van der Waals surface area contributed by atoms with Crippen molar-refractivity contribution in [2.24, 2.45) is 5.73 Å². The summed E-state index contributed by atoms with van der Waals surface area (Å²) in [7, 11) is -2.29. The molecule has 1 amide bonds. The fourth-order valence-corrected chi connectivity index (χ4v) is 7.11. The summed E-state index contributed by atoms with van der Waals surface area (Å²) in [6.45, 7) is 4.65. The molecule has 0 aliphatic carbocycles. The number of likely N-dealkylation sites (tertiary alicyclic amines) is 1. The maximum absolute atomic E-state index is 12.4. The highest BCUT2D eigenvalue weighted by molar-refractivity contribution is 7.85. The second-order valence-electron chi connectivity index (χ2n) is 13.3. The van der Waals surface area contributed by atoms with Crippen molar-refractivity contribution in [1.29, 1.82) is 0 Å². The molecule has 2 heterocycles. The van der Waals surface area contributed by atoms with Crippen LogP contribution in [0.3, 0.4) is 0 Å². The van der Waals surface area contributed by atoms with E-state index in [1.54, 1.807) is 24.1 Å². The van der Waals surface area contributed by atoms with Gasteiger partial charge in [0.15, 0.2) is 0 Å². The molecular formula is C43H52Cl2N4O6S. The van der Waals surface area contributed by atoms with Crippen LogP contribution in [-0.2, 0) is 28.0 Å². The number of ether oxygens (including phenoxy) is 2. The van der Waals surface area contributed by atoms with E-state index in [4.69, 9.17) is 19.8 Å². The fraction of sp³-hybridized carbons (Fsp3) is 0.279. The summed E-state index contributed by atoms with van der Waals surface area (Å²) >= 11 is 0. The number of carbonyl (C=O) groups excluding carboxylic acids is 1. The Balaban J connectivity index is 0.000000233. The molecule has 0 radical (unpaired) electrons. The number of hydrogen-bond acceptors (Lipinski definition) is 8. The normalized spacial score (nSPS) is 18.5. The monoisotopic (exact) mass is 822 g/mol. The average Bonchev–Trinajstić information content (AvgIpc) is 3.84. The molecule has 5 aromatic rings. The number of benzene rings is 5. The second kappa shape index (κ2) is 22.9. The van der Waals surface area contributed by atoms with Crippen molar-refractivity contribution in [2.75, 3.05) is 20.2 Å². The standard InChI is InChI=1S/C18H20N2O2.C18H22N2O.C7H8O3S.2ClH/c19-16-11-12-20(17(16)15-9-5-2-6-10-15)18(21)22-13-14-7-3-1-4-8-14;1-21-17-10-6-5-9-15(17)13-20-16-11-12-19-18(16)14-7-3-2-4-8-14;1-6-2-4-7(5-3-6)11(8,9)10;;/h1-10,16-17H,11-13,19H2;2-10,16,18-20H,11-13H2,1H3;2-5H,1H3,(H,8,9,10);2*1H/t16-,17-;16-,18-;;;/m00.../s1. The topological polar surface area (TPSA) is 143 Å². The highest BCUT2D eigenvalue weighted by Crippen LogP contribution is 2.32. The van der Waals surface area contributed by atoms with Crippen LogP contribution in [-0.4, -0.2) is 56.2 Å². The van der Waals surface area contributed by atoms with Crippen LogP contribution in [0.15, 0.2) is 144 Å². The zero-order valence-corrected chi connectivity index (χ0v) is 34.0. The molecule has 5 aromatic carbocycles. The number of nitrogens with two attached hydrogens (primary N) is 1. The van der Waals surface area contributed by atoms with Crippen LogP contribution >= 0.6 is 24.8 Å². The number of carbonyl (C=O) groups is 1. The first-order valence-corrected chi connectivity index (χ1v) is 19.5. The minimum absolute atomic E-state index is 0. The van der Waals surface area contributed by atoms with Gasteiger partial charge in [0, 0.05) is 36.8 Å². The Morgan fingerprint density at radius 3 is 2.00 bits per heavy atom. The van der Waals surface area contributed by atoms with Gasteiger partial charge in [-0.05, 0) is 61.2 Å². The Bertz CT molecular complexity index is 2000. The number of amides is 1. The molecule has 0 aromatic heterocycles. The van der Waals surface area contributed by atoms with Crippen molar-refractivity contribution in [2.45, 2.75) is 62.0 Å². The van der Waals surface area contributed by atoms with Crippen molar-refractivity contribution < 1.29 is 27.2 Å². The summed E-state index contributed by atoms with van der Waals surface area (Å²) in [5.41, 5.74) is 11.8.